The molecule has 2 amide bonds. The average molecular weight is 509 g/mol. The zero-order chi connectivity index (χ0) is 26.4. The van der Waals surface area contributed by atoms with Crippen molar-refractivity contribution >= 4 is 17.6 Å². The third-order valence-electron chi connectivity index (χ3n) is 7.36. The van der Waals surface area contributed by atoms with Crippen LogP contribution in [-0.4, -0.2) is 73.9 Å². The van der Waals surface area contributed by atoms with Crippen LogP contribution in [0.3, 0.4) is 0 Å². The zero-order valence-electron chi connectivity index (χ0n) is 21.9. The molecule has 0 saturated carbocycles. The van der Waals surface area contributed by atoms with Gasteiger partial charge in [-0.2, -0.15) is 0 Å². The molecule has 37 heavy (non-hydrogen) atoms. The molecule has 2 bridgehead atoms. The maximum atomic E-state index is 13.4. The lowest BCUT2D eigenvalue weighted by Crippen LogP contribution is -2.66. The normalized spacial score (nSPS) is 18.9. The number of fused-ring (bicyclic) bond motifs is 2. The number of likely N-dealkylation sites (tertiary alicyclic amines) is 1. The number of aryl methyl sites for hydroxylation is 1. The van der Waals surface area contributed by atoms with Crippen molar-refractivity contribution in [3.63, 3.8) is 0 Å². The first kappa shape index (κ1) is 26.5. The average Bonchev–Trinajstić information content (AvgIpc) is 2.94. The van der Waals surface area contributed by atoms with E-state index in [1.54, 1.807) is 0 Å². The molecular weight excluding hydrogens is 472 g/mol. The molecule has 0 N–H and O–H groups in total. The summed E-state index contributed by atoms with van der Waals surface area (Å²) in [4.78, 5) is 43.5. The van der Waals surface area contributed by atoms with E-state index in [2.05, 4.69) is 24.3 Å². The standard InChI is InChI=1S/C29H36N2O6/c1-35-24-17-21(18-25(36-2)27(24)37-3)26(32)29(34)31-22-14-10-15-23(31)28(33)30(19-22)16-9-5-8-13-20-11-6-4-7-12-20/h4,6-7,11-12,17-18,22-23H,5,8-10,13-16,19H2,1-3H3. The molecule has 2 aromatic rings. The van der Waals surface area contributed by atoms with Crippen LogP contribution in [0.2, 0.25) is 0 Å². The number of rotatable bonds is 11. The van der Waals surface area contributed by atoms with Gasteiger partial charge in [-0.1, -0.05) is 36.8 Å². The summed E-state index contributed by atoms with van der Waals surface area (Å²) in [5.41, 5.74) is 1.47. The molecule has 2 aliphatic heterocycles. The van der Waals surface area contributed by atoms with E-state index in [0.717, 1.165) is 38.5 Å². The molecule has 2 saturated heterocycles. The Morgan fingerprint density at radius 2 is 1.62 bits per heavy atom. The van der Waals surface area contributed by atoms with Gasteiger partial charge < -0.3 is 24.0 Å². The van der Waals surface area contributed by atoms with Gasteiger partial charge in [0.15, 0.2) is 11.5 Å². The fraction of sp³-hybridized carbons (Fsp3) is 0.483. The van der Waals surface area contributed by atoms with Gasteiger partial charge in [-0.25, -0.2) is 0 Å². The fourth-order valence-electron chi connectivity index (χ4n) is 5.47. The van der Waals surface area contributed by atoms with Gasteiger partial charge in [0.1, 0.15) is 6.04 Å². The van der Waals surface area contributed by atoms with Crippen LogP contribution in [0.15, 0.2) is 42.5 Å². The minimum atomic E-state index is -0.682. The number of piperidine rings is 1. The molecule has 0 radical (unpaired) electrons. The second-order valence-electron chi connectivity index (χ2n) is 9.64. The molecule has 0 spiro atoms. The number of ether oxygens (including phenoxy) is 3. The van der Waals surface area contributed by atoms with Crippen molar-refractivity contribution in [1.82, 2.24) is 9.80 Å². The summed E-state index contributed by atoms with van der Waals surface area (Å²) in [5, 5.41) is 0. The summed E-state index contributed by atoms with van der Waals surface area (Å²) in [6.07, 6.45) is 6.30. The van der Waals surface area contributed by atoms with E-state index in [9.17, 15) is 14.4 Å². The summed E-state index contributed by atoms with van der Waals surface area (Å²) in [6, 6.07) is 12.6. The summed E-state index contributed by atoms with van der Waals surface area (Å²) in [7, 11) is 4.39. The van der Waals surface area contributed by atoms with Crippen LogP contribution >= 0.6 is 0 Å². The number of unbranched alkanes of at least 4 members (excludes halogenated alkanes) is 2. The molecule has 2 heterocycles. The number of ketones is 1. The number of carbonyl (C=O) groups excluding carboxylic acids is 3. The Labute approximate surface area is 218 Å². The number of amides is 2. The summed E-state index contributed by atoms with van der Waals surface area (Å²) < 4.78 is 16.0. The number of piperazine rings is 1. The molecule has 2 unspecified atom stereocenters. The van der Waals surface area contributed by atoms with Crippen molar-refractivity contribution in [2.24, 2.45) is 0 Å². The van der Waals surface area contributed by atoms with Crippen molar-refractivity contribution in [1.29, 1.82) is 0 Å². The van der Waals surface area contributed by atoms with Crippen molar-refractivity contribution < 1.29 is 28.6 Å². The Hall–Kier alpha value is -3.55. The minimum absolute atomic E-state index is 0.0509. The van der Waals surface area contributed by atoms with Crippen LogP contribution in [0.1, 0.15) is 54.4 Å². The lowest BCUT2D eigenvalue weighted by Gasteiger charge is -2.49. The monoisotopic (exact) mass is 508 g/mol. The van der Waals surface area contributed by atoms with Gasteiger partial charge in [0, 0.05) is 18.7 Å². The highest BCUT2D eigenvalue weighted by Crippen LogP contribution is 2.39. The number of hydrogen-bond donors (Lipinski definition) is 0. The second kappa shape index (κ2) is 12.1. The van der Waals surface area contributed by atoms with E-state index in [1.807, 2.05) is 11.0 Å². The molecule has 2 aliphatic rings. The molecule has 8 nitrogen and oxygen atoms in total. The predicted octanol–water partition coefficient (Wildman–Crippen LogP) is 3.90. The van der Waals surface area contributed by atoms with E-state index in [4.69, 9.17) is 14.2 Å². The van der Waals surface area contributed by atoms with Crippen molar-refractivity contribution in [2.75, 3.05) is 34.4 Å². The first-order valence-corrected chi connectivity index (χ1v) is 13.0. The molecule has 2 atom stereocenters. The van der Waals surface area contributed by atoms with Crippen LogP contribution in [0.4, 0.5) is 0 Å². The quantitative estimate of drug-likeness (QED) is 0.260. The van der Waals surface area contributed by atoms with E-state index in [-0.39, 0.29) is 17.5 Å². The third kappa shape index (κ3) is 5.73. The minimum Gasteiger partial charge on any atom is -0.493 e. The maximum Gasteiger partial charge on any atom is 0.295 e. The first-order valence-electron chi connectivity index (χ1n) is 13.0. The highest BCUT2D eigenvalue weighted by atomic mass is 16.5. The number of benzene rings is 2. The van der Waals surface area contributed by atoms with Gasteiger partial charge in [-0.05, 0) is 56.2 Å². The lowest BCUT2D eigenvalue weighted by molar-refractivity contribution is -0.157. The summed E-state index contributed by atoms with van der Waals surface area (Å²) in [5.74, 6) is -0.445. The number of hydrogen-bond acceptors (Lipinski definition) is 6. The topological polar surface area (TPSA) is 85.4 Å². The number of methoxy groups -OCH3 is 3. The van der Waals surface area contributed by atoms with Gasteiger partial charge >= 0.3 is 0 Å². The van der Waals surface area contributed by atoms with Gasteiger partial charge in [-0.3, -0.25) is 14.4 Å². The van der Waals surface area contributed by atoms with Crippen molar-refractivity contribution in [3.8, 4) is 17.2 Å². The molecule has 8 heteroatoms. The van der Waals surface area contributed by atoms with Gasteiger partial charge in [-0.15, -0.1) is 0 Å². The van der Waals surface area contributed by atoms with Crippen molar-refractivity contribution in [2.45, 2.75) is 57.0 Å². The molecule has 0 aromatic heterocycles. The van der Waals surface area contributed by atoms with Crippen LogP contribution in [0.25, 0.3) is 0 Å². The summed E-state index contributed by atoms with van der Waals surface area (Å²) >= 11 is 0. The Morgan fingerprint density at radius 1 is 0.919 bits per heavy atom. The first-order chi connectivity index (χ1) is 18.0. The predicted molar refractivity (Wildman–Crippen MR) is 139 cm³/mol. The molecule has 2 aromatic carbocycles. The van der Waals surface area contributed by atoms with Gasteiger partial charge in [0.05, 0.1) is 27.4 Å². The van der Waals surface area contributed by atoms with Crippen LogP contribution in [-0.2, 0) is 16.0 Å². The van der Waals surface area contributed by atoms with Crippen LogP contribution in [0, 0.1) is 0 Å². The lowest BCUT2D eigenvalue weighted by atomic mass is 9.89. The van der Waals surface area contributed by atoms with E-state index in [1.165, 1.54) is 43.9 Å². The number of carbonyl (C=O) groups is 3. The van der Waals surface area contributed by atoms with Gasteiger partial charge in [0.2, 0.25) is 11.7 Å². The fourth-order valence-corrected chi connectivity index (χ4v) is 5.47. The SMILES string of the molecule is COc1cc(C(=O)C(=O)N2C3CCCC2C(=O)N(CCCCCc2ccccc2)C3)cc(OC)c1OC. The smallest absolute Gasteiger partial charge is 0.295 e. The molecule has 198 valence electrons. The Bertz CT molecular complexity index is 1090. The van der Waals surface area contributed by atoms with Crippen molar-refractivity contribution in [3.05, 3.63) is 53.6 Å². The Kier molecular flexibility index (Phi) is 8.69. The summed E-state index contributed by atoms with van der Waals surface area (Å²) in [6.45, 7) is 1.16. The number of nitrogens with zero attached hydrogens (tertiary/aromatic N) is 2. The van der Waals surface area contributed by atoms with Crippen LogP contribution in [0.5, 0.6) is 17.2 Å². The largest absolute Gasteiger partial charge is 0.493 e. The third-order valence-corrected chi connectivity index (χ3v) is 7.36. The highest BCUT2D eigenvalue weighted by Gasteiger charge is 2.46. The van der Waals surface area contributed by atoms with Crippen LogP contribution < -0.4 is 14.2 Å². The van der Waals surface area contributed by atoms with Gasteiger partial charge in [0.25, 0.3) is 11.7 Å². The zero-order valence-corrected chi connectivity index (χ0v) is 21.9. The second-order valence-corrected chi connectivity index (χ2v) is 9.64. The molecular formula is C29H36N2O6. The molecule has 2 fully saturated rings. The Balaban J connectivity index is 1.40. The van der Waals surface area contributed by atoms with E-state index >= 15 is 0 Å². The molecule has 0 aliphatic carbocycles. The highest BCUT2D eigenvalue weighted by molar-refractivity contribution is 6.43. The molecule has 4 rings (SSSR count). The van der Waals surface area contributed by atoms with E-state index < -0.39 is 17.7 Å². The Morgan fingerprint density at radius 3 is 2.27 bits per heavy atom. The number of Topliss-reactive ketones (excluding diaryl/α,β-unsaturated/α-hetero) is 1. The van der Waals surface area contributed by atoms with E-state index in [0.29, 0.717) is 36.8 Å². The maximum absolute atomic E-state index is 13.4.